The zero-order chi connectivity index (χ0) is 30.4. The molecule has 0 radical (unpaired) electrons. The van der Waals surface area contributed by atoms with Gasteiger partial charge < -0.3 is 20.1 Å². The maximum absolute atomic E-state index is 14.3. The Hall–Kier alpha value is -2.58. The van der Waals surface area contributed by atoms with Crippen molar-refractivity contribution in [3.63, 3.8) is 0 Å². The molecule has 0 bridgehead atoms. The minimum atomic E-state index is -2.00. The molecule has 4 aliphatic rings. The lowest BCUT2D eigenvalue weighted by atomic mass is 9.39. The molecule has 4 rings (SSSR count). The van der Waals surface area contributed by atoms with Gasteiger partial charge in [-0.25, -0.2) is 0 Å². The third-order valence-electron chi connectivity index (χ3n) is 11.2. The topological polar surface area (TPSA) is 138 Å². The van der Waals surface area contributed by atoms with Gasteiger partial charge in [0.15, 0.2) is 11.5 Å². The molecule has 4 aliphatic carbocycles. The molecule has 0 aromatic carbocycles. The van der Waals surface area contributed by atoms with Crippen LogP contribution < -0.4 is 0 Å². The number of carbonyl (C=O) groups is 4. The summed E-state index contributed by atoms with van der Waals surface area (Å²) >= 11 is 0. The number of rotatable bonds is 5. The highest BCUT2D eigenvalue weighted by molar-refractivity contribution is 6.02. The maximum atomic E-state index is 14.3. The van der Waals surface area contributed by atoms with Crippen LogP contribution in [0.15, 0.2) is 35.6 Å². The van der Waals surface area contributed by atoms with Crippen molar-refractivity contribution in [3.05, 3.63) is 35.6 Å². The van der Waals surface area contributed by atoms with Crippen LogP contribution in [0, 0.1) is 39.4 Å². The van der Waals surface area contributed by atoms with Crippen molar-refractivity contribution in [2.24, 2.45) is 39.4 Å². The number of aliphatic hydroxyl groups is 3. The molecule has 0 aliphatic heterocycles. The fourth-order valence-electron chi connectivity index (χ4n) is 8.98. The molecule has 4 unspecified atom stereocenters. The third-order valence-corrected chi connectivity index (χ3v) is 11.2. The van der Waals surface area contributed by atoms with Gasteiger partial charge in [0, 0.05) is 30.6 Å². The van der Waals surface area contributed by atoms with Crippen LogP contribution in [0.1, 0.15) is 81.6 Å². The molecule has 40 heavy (non-hydrogen) atoms. The van der Waals surface area contributed by atoms with Gasteiger partial charge in [-0.15, -0.1) is 0 Å². The molecule has 3 N–H and O–H groups in total. The second kappa shape index (κ2) is 8.96. The molecule has 0 spiro atoms. The first kappa shape index (κ1) is 30.4. The number of ether oxygens (including phenoxy) is 1. The summed E-state index contributed by atoms with van der Waals surface area (Å²) in [7, 11) is 0. The van der Waals surface area contributed by atoms with Gasteiger partial charge >= 0.3 is 5.97 Å². The molecule has 0 amide bonds. The van der Waals surface area contributed by atoms with Gasteiger partial charge in [-0.1, -0.05) is 32.4 Å². The number of ketones is 3. The standard InChI is InChI=1S/C32H44O8/c1-17(33)40-27(2,3)13-12-23(36)32(9,39)25-21(35)15-29(6)22-11-10-18-19(14-20(34)26(38)28(18,4)5)31(22,8)24(37)16-30(25,29)7/h10,12-14,19,21-22,25,34-35,39H,11,15-16H2,1-9H3/t19?,21?,22?,25?,29-,30+,31-,32-/m0/s1. The molecule has 2 saturated carbocycles. The minimum absolute atomic E-state index is 0.0249. The van der Waals surface area contributed by atoms with Crippen molar-refractivity contribution in [2.45, 2.75) is 98.9 Å². The summed E-state index contributed by atoms with van der Waals surface area (Å²) < 4.78 is 5.22. The fourth-order valence-corrected chi connectivity index (χ4v) is 8.98. The van der Waals surface area contributed by atoms with Crippen LogP contribution in [-0.4, -0.2) is 55.9 Å². The summed E-state index contributed by atoms with van der Waals surface area (Å²) in [6.07, 6.45) is 5.89. The fraction of sp³-hybridized carbons (Fsp3) is 0.688. The highest BCUT2D eigenvalue weighted by atomic mass is 16.6. The summed E-state index contributed by atoms with van der Waals surface area (Å²) in [5, 5.41) is 33.8. The lowest BCUT2D eigenvalue weighted by molar-refractivity contribution is -0.179. The van der Waals surface area contributed by atoms with E-state index in [1.54, 1.807) is 27.7 Å². The number of allylic oxidation sites excluding steroid dienone is 4. The molecule has 0 heterocycles. The molecule has 8 heteroatoms. The predicted molar refractivity (Wildman–Crippen MR) is 148 cm³/mol. The highest BCUT2D eigenvalue weighted by Gasteiger charge is 2.74. The van der Waals surface area contributed by atoms with Crippen LogP contribution >= 0.6 is 0 Å². The van der Waals surface area contributed by atoms with E-state index in [9.17, 15) is 34.5 Å². The third kappa shape index (κ3) is 4.00. The summed E-state index contributed by atoms with van der Waals surface area (Å²) in [6.45, 7) is 15.3. The summed E-state index contributed by atoms with van der Waals surface area (Å²) in [5.41, 5.74) is -5.72. The quantitative estimate of drug-likeness (QED) is 0.260. The average Bonchev–Trinajstić information content (AvgIpc) is 3.01. The Balaban J connectivity index is 1.76. The van der Waals surface area contributed by atoms with E-state index in [0.29, 0.717) is 6.42 Å². The van der Waals surface area contributed by atoms with Gasteiger partial charge in [-0.05, 0) is 82.4 Å². The normalized spacial score (nSPS) is 40.4. The molecule has 8 atom stereocenters. The predicted octanol–water partition coefficient (Wildman–Crippen LogP) is 4.19. The van der Waals surface area contributed by atoms with Crippen molar-refractivity contribution in [3.8, 4) is 0 Å². The monoisotopic (exact) mass is 556 g/mol. The van der Waals surface area contributed by atoms with Gasteiger partial charge in [-0.2, -0.15) is 0 Å². The van der Waals surface area contributed by atoms with E-state index in [0.717, 1.165) is 5.57 Å². The lowest BCUT2D eigenvalue weighted by Gasteiger charge is -2.63. The molecule has 0 aromatic rings. The van der Waals surface area contributed by atoms with Gasteiger partial charge in [-0.3, -0.25) is 19.2 Å². The number of aliphatic hydroxyl groups excluding tert-OH is 2. The number of fused-ring (bicyclic) bond motifs is 5. The molecule has 0 saturated heterocycles. The molecule has 0 aromatic heterocycles. The second-order valence-corrected chi connectivity index (χ2v) is 14.4. The molecule has 220 valence electrons. The lowest BCUT2D eigenvalue weighted by Crippen LogP contribution is -2.64. The number of Topliss-reactive ketones (excluding diaryl/α,β-unsaturated/α-hetero) is 2. The Kier molecular flexibility index (Phi) is 6.80. The molecular formula is C32H44O8. The number of hydrogen-bond acceptors (Lipinski definition) is 8. The van der Waals surface area contributed by atoms with Crippen LogP contribution in [-0.2, 0) is 23.9 Å². The highest BCUT2D eigenvalue weighted by Crippen LogP contribution is 2.73. The summed E-state index contributed by atoms with van der Waals surface area (Å²) in [4.78, 5) is 52.0. The van der Waals surface area contributed by atoms with Crippen LogP contribution in [0.25, 0.3) is 0 Å². The first-order valence-electron chi connectivity index (χ1n) is 14.1. The van der Waals surface area contributed by atoms with Crippen LogP contribution in [0.3, 0.4) is 0 Å². The molecular weight excluding hydrogens is 512 g/mol. The van der Waals surface area contributed by atoms with E-state index >= 15 is 0 Å². The van der Waals surface area contributed by atoms with E-state index < -0.39 is 62.6 Å². The van der Waals surface area contributed by atoms with Crippen LogP contribution in [0.5, 0.6) is 0 Å². The van der Waals surface area contributed by atoms with Crippen molar-refractivity contribution in [1.29, 1.82) is 0 Å². The smallest absolute Gasteiger partial charge is 0.303 e. The van der Waals surface area contributed by atoms with Crippen molar-refractivity contribution in [2.75, 3.05) is 0 Å². The molecule has 2 fully saturated rings. The second-order valence-electron chi connectivity index (χ2n) is 14.4. The van der Waals surface area contributed by atoms with Crippen molar-refractivity contribution >= 4 is 23.3 Å². The van der Waals surface area contributed by atoms with E-state index in [-0.39, 0.29) is 36.1 Å². The minimum Gasteiger partial charge on any atom is -0.505 e. The van der Waals surface area contributed by atoms with Gasteiger partial charge in [0.05, 0.1) is 11.5 Å². The van der Waals surface area contributed by atoms with Crippen molar-refractivity contribution in [1.82, 2.24) is 0 Å². The van der Waals surface area contributed by atoms with Crippen LogP contribution in [0.2, 0.25) is 0 Å². The van der Waals surface area contributed by atoms with E-state index in [4.69, 9.17) is 4.74 Å². The number of hydrogen-bond donors (Lipinski definition) is 3. The van der Waals surface area contributed by atoms with Gasteiger partial charge in [0.25, 0.3) is 0 Å². The molecule has 8 nitrogen and oxygen atoms in total. The van der Waals surface area contributed by atoms with Crippen LogP contribution in [0.4, 0.5) is 0 Å². The zero-order valence-electron chi connectivity index (χ0n) is 25.1. The number of carbonyl (C=O) groups excluding carboxylic acids is 4. The van der Waals surface area contributed by atoms with E-state index in [2.05, 4.69) is 0 Å². The summed E-state index contributed by atoms with van der Waals surface area (Å²) in [5.74, 6) is -3.61. The Morgan fingerprint density at radius 3 is 2.25 bits per heavy atom. The SMILES string of the molecule is CC(=O)OC(C)(C)C=CC(=O)[C@](C)(O)C1C(O)C[C@@]2(C)C3CC=C4C(C=C(O)C(=O)C4(C)C)[C@]3(C)C(=O)C[C@]12C. The maximum Gasteiger partial charge on any atom is 0.303 e. The number of esters is 1. The van der Waals surface area contributed by atoms with E-state index in [1.165, 1.54) is 32.1 Å². The largest absolute Gasteiger partial charge is 0.505 e. The Labute approximate surface area is 236 Å². The average molecular weight is 557 g/mol. The Morgan fingerprint density at radius 1 is 1.07 bits per heavy atom. The first-order chi connectivity index (χ1) is 18.1. The Morgan fingerprint density at radius 2 is 1.68 bits per heavy atom. The zero-order valence-corrected chi connectivity index (χ0v) is 25.1. The Bertz CT molecular complexity index is 1270. The van der Waals surface area contributed by atoms with Gasteiger partial charge in [0.1, 0.15) is 17.0 Å². The van der Waals surface area contributed by atoms with Gasteiger partial charge in [0.2, 0.25) is 5.78 Å². The first-order valence-corrected chi connectivity index (χ1v) is 14.1. The van der Waals surface area contributed by atoms with Crippen molar-refractivity contribution < 1.29 is 39.2 Å². The summed E-state index contributed by atoms with van der Waals surface area (Å²) in [6, 6.07) is 0. The van der Waals surface area contributed by atoms with E-state index in [1.807, 2.05) is 26.8 Å².